The number of hydrogen-bond donors (Lipinski definition) is 1. The molecule has 1 aromatic rings. The minimum absolute atomic E-state index is 0.371. The molecule has 0 aromatic heterocycles. The van der Waals surface area contributed by atoms with Gasteiger partial charge in [0.25, 0.3) is 0 Å². The smallest absolute Gasteiger partial charge is 0.427 e. The quantitative estimate of drug-likeness (QED) is 0.867. The van der Waals surface area contributed by atoms with Gasteiger partial charge in [0.1, 0.15) is 0 Å². The molecule has 0 saturated carbocycles. The maximum atomic E-state index is 12.4. The highest BCUT2D eigenvalue weighted by atomic mass is 19.4. The Morgan fingerprint density at radius 2 is 1.71 bits per heavy atom. The Morgan fingerprint density at radius 1 is 1.18 bits per heavy atom. The van der Waals surface area contributed by atoms with Crippen molar-refractivity contribution in [1.29, 1.82) is 0 Å². The Kier molecular flexibility index (Phi) is 3.65. The first-order valence-corrected chi connectivity index (χ1v) is 4.84. The van der Waals surface area contributed by atoms with Crippen LogP contribution in [0.2, 0.25) is 0 Å². The fourth-order valence-electron chi connectivity index (χ4n) is 0.954. The second-order valence-electron chi connectivity index (χ2n) is 3.89. The van der Waals surface area contributed by atoms with Gasteiger partial charge in [0.15, 0.2) is 0 Å². The van der Waals surface area contributed by atoms with Crippen molar-refractivity contribution in [3.63, 3.8) is 0 Å². The van der Waals surface area contributed by atoms with Crippen molar-refractivity contribution in [2.45, 2.75) is 25.6 Å². The number of para-hydroxylation sites is 1. The maximum absolute atomic E-state index is 12.4. The SMILES string of the molecule is CC(C)(OC(=O)Nc1ccccc1)C(F)(F)F. The molecule has 0 unspecified atom stereocenters. The molecule has 0 aliphatic carbocycles. The van der Waals surface area contributed by atoms with Crippen LogP contribution in [0.1, 0.15) is 13.8 Å². The minimum Gasteiger partial charge on any atom is -0.434 e. The van der Waals surface area contributed by atoms with Crippen molar-refractivity contribution in [3.8, 4) is 0 Å². The number of halogens is 3. The fourth-order valence-corrected chi connectivity index (χ4v) is 0.954. The van der Waals surface area contributed by atoms with Crippen LogP contribution in [0, 0.1) is 0 Å². The van der Waals surface area contributed by atoms with E-state index in [1.807, 2.05) is 0 Å². The normalized spacial score (nSPS) is 12.1. The molecule has 0 spiro atoms. The fraction of sp³-hybridized carbons (Fsp3) is 0.364. The molecule has 0 aliphatic heterocycles. The number of nitrogens with one attached hydrogen (secondary N) is 1. The molecule has 0 heterocycles. The lowest BCUT2D eigenvalue weighted by molar-refractivity contribution is -0.242. The van der Waals surface area contributed by atoms with E-state index in [0.717, 1.165) is 13.8 Å². The second-order valence-corrected chi connectivity index (χ2v) is 3.89. The average Bonchev–Trinajstić information content (AvgIpc) is 2.16. The van der Waals surface area contributed by atoms with Crippen molar-refractivity contribution < 1.29 is 22.7 Å². The van der Waals surface area contributed by atoms with Crippen LogP contribution >= 0.6 is 0 Å². The van der Waals surface area contributed by atoms with Gasteiger partial charge in [-0.25, -0.2) is 4.79 Å². The molecular formula is C11H12F3NO2. The summed E-state index contributed by atoms with van der Waals surface area (Å²) in [7, 11) is 0. The molecule has 0 radical (unpaired) electrons. The first-order chi connectivity index (χ1) is 7.72. The molecule has 3 nitrogen and oxygen atoms in total. The lowest BCUT2D eigenvalue weighted by atomic mass is 10.1. The third-order valence-electron chi connectivity index (χ3n) is 2.05. The molecule has 94 valence electrons. The number of rotatable bonds is 2. The Balaban J connectivity index is 2.62. The lowest BCUT2D eigenvalue weighted by Gasteiger charge is -2.27. The Labute approximate surface area is 96.6 Å². The van der Waals surface area contributed by atoms with Crippen LogP contribution in [0.15, 0.2) is 30.3 Å². The number of carbonyl (C=O) groups excluding carboxylic acids is 1. The highest BCUT2D eigenvalue weighted by molar-refractivity contribution is 5.84. The van der Waals surface area contributed by atoms with Crippen LogP contribution in [0.3, 0.4) is 0 Å². The number of alkyl halides is 3. The summed E-state index contributed by atoms with van der Waals surface area (Å²) in [4.78, 5) is 11.2. The van der Waals surface area contributed by atoms with Crippen LogP contribution < -0.4 is 5.32 Å². The van der Waals surface area contributed by atoms with Gasteiger partial charge >= 0.3 is 12.3 Å². The van der Waals surface area contributed by atoms with Crippen LogP contribution in [0.25, 0.3) is 0 Å². The molecule has 1 aromatic carbocycles. The van der Waals surface area contributed by atoms with Gasteiger partial charge in [-0.15, -0.1) is 0 Å². The summed E-state index contributed by atoms with van der Waals surface area (Å²) in [6.45, 7) is 1.58. The van der Waals surface area contributed by atoms with E-state index in [1.54, 1.807) is 30.3 Å². The Morgan fingerprint density at radius 3 is 2.18 bits per heavy atom. The summed E-state index contributed by atoms with van der Waals surface area (Å²) in [6, 6.07) is 8.09. The van der Waals surface area contributed by atoms with E-state index >= 15 is 0 Å². The monoisotopic (exact) mass is 247 g/mol. The van der Waals surface area contributed by atoms with E-state index in [2.05, 4.69) is 10.1 Å². The average molecular weight is 247 g/mol. The largest absolute Gasteiger partial charge is 0.434 e. The van der Waals surface area contributed by atoms with E-state index in [0.29, 0.717) is 5.69 Å². The molecule has 0 fully saturated rings. The zero-order chi connectivity index (χ0) is 13.1. The molecule has 17 heavy (non-hydrogen) atoms. The van der Waals surface area contributed by atoms with Gasteiger partial charge < -0.3 is 4.74 Å². The summed E-state index contributed by atoms with van der Waals surface area (Å²) in [5.74, 6) is 0. The van der Waals surface area contributed by atoms with Crippen molar-refractivity contribution in [3.05, 3.63) is 30.3 Å². The number of carbonyl (C=O) groups is 1. The molecule has 0 saturated heterocycles. The molecule has 1 rings (SSSR count). The first kappa shape index (κ1) is 13.3. The summed E-state index contributed by atoms with van der Waals surface area (Å²) in [5, 5.41) is 2.21. The highest BCUT2D eigenvalue weighted by Crippen LogP contribution is 2.33. The summed E-state index contributed by atoms with van der Waals surface area (Å²) < 4.78 is 41.6. The molecule has 6 heteroatoms. The summed E-state index contributed by atoms with van der Waals surface area (Å²) in [5.41, 5.74) is -2.15. The standard InChI is InChI=1S/C11H12F3NO2/c1-10(2,11(12,13)14)17-9(16)15-8-6-4-3-5-7-8/h3-7H,1-2H3,(H,15,16). The van der Waals surface area contributed by atoms with Gasteiger partial charge in [0.05, 0.1) is 0 Å². The third-order valence-corrected chi connectivity index (χ3v) is 2.05. The predicted molar refractivity (Wildman–Crippen MR) is 56.7 cm³/mol. The summed E-state index contributed by atoms with van der Waals surface area (Å²) in [6.07, 6.45) is -5.75. The molecular weight excluding hydrogens is 235 g/mol. The number of ether oxygens (including phenoxy) is 1. The second kappa shape index (κ2) is 4.65. The molecule has 1 amide bonds. The van der Waals surface area contributed by atoms with Gasteiger partial charge in [-0.1, -0.05) is 18.2 Å². The topological polar surface area (TPSA) is 38.3 Å². The van der Waals surface area contributed by atoms with E-state index in [1.165, 1.54) is 0 Å². The predicted octanol–water partition coefficient (Wildman–Crippen LogP) is 3.58. The zero-order valence-corrected chi connectivity index (χ0v) is 9.34. The van der Waals surface area contributed by atoms with Crippen LogP contribution in [0.5, 0.6) is 0 Å². The van der Waals surface area contributed by atoms with Gasteiger partial charge in [-0.2, -0.15) is 13.2 Å². The van der Waals surface area contributed by atoms with E-state index in [9.17, 15) is 18.0 Å². The zero-order valence-electron chi connectivity index (χ0n) is 9.34. The van der Waals surface area contributed by atoms with E-state index < -0.39 is 17.9 Å². The van der Waals surface area contributed by atoms with Crippen LogP contribution in [-0.2, 0) is 4.74 Å². The third kappa shape index (κ3) is 3.65. The number of benzene rings is 1. The summed E-state index contributed by atoms with van der Waals surface area (Å²) >= 11 is 0. The number of hydrogen-bond acceptors (Lipinski definition) is 2. The molecule has 0 bridgehead atoms. The van der Waals surface area contributed by atoms with Crippen molar-refractivity contribution in [2.75, 3.05) is 5.32 Å². The van der Waals surface area contributed by atoms with E-state index in [4.69, 9.17) is 0 Å². The van der Waals surface area contributed by atoms with Gasteiger partial charge in [-0.3, -0.25) is 5.32 Å². The number of anilines is 1. The van der Waals surface area contributed by atoms with Crippen LogP contribution in [-0.4, -0.2) is 17.9 Å². The Bertz CT molecular complexity index is 387. The Hall–Kier alpha value is -1.72. The molecule has 1 N–H and O–H groups in total. The number of amides is 1. The van der Waals surface area contributed by atoms with Crippen molar-refractivity contribution in [2.24, 2.45) is 0 Å². The van der Waals surface area contributed by atoms with Crippen molar-refractivity contribution >= 4 is 11.8 Å². The van der Waals surface area contributed by atoms with Crippen LogP contribution in [0.4, 0.5) is 23.7 Å². The van der Waals surface area contributed by atoms with Gasteiger partial charge in [0.2, 0.25) is 5.60 Å². The molecule has 0 atom stereocenters. The first-order valence-electron chi connectivity index (χ1n) is 4.84. The lowest BCUT2D eigenvalue weighted by Crippen LogP contribution is -2.44. The van der Waals surface area contributed by atoms with Gasteiger partial charge in [-0.05, 0) is 26.0 Å². The molecule has 0 aliphatic rings. The maximum Gasteiger partial charge on any atom is 0.427 e. The minimum atomic E-state index is -4.61. The van der Waals surface area contributed by atoms with Crippen molar-refractivity contribution in [1.82, 2.24) is 0 Å². The van der Waals surface area contributed by atoms with Gasteiger partial charge in [0, 0.05) is 5.69 Å². The van der Waals surface area contributed by atoms with E-state index in [-0.39, 0.29) is 0 Å². The highest BCUT2D eigenvalue weighted by Gasteiger charge is 2.50.